The first kappa shape index (κ1) is 16.4. The molecule has 0 aliphatic rings. The second-order valence-electron chi connectivity index (χ2n) is 3.48. The van der Waals surface area contributed by atoms with Gasteiger partial charge in [0.2, 0.25) is 0 Å². The van der Waals surface area contributed by atoms with Crippen molar-refractivity contribution in [2.45, 2.75) is 6.18 Å². The van der Waals surface area contributed by atoms with Gasteiger partial charge in [0.1, 0.15) is 6.07 Å². The van der Waals surface area contributed by atoms with E-state index in [4.69, 9.17) is 16.9 Å². The highest BCUT2D eigenvalue weighted by atomic mass is 35.5. The van der Waals surface area contributed by atoms with Crippen LogP contribution in [0.2, 0.25) is 5.02 Å². The number of thioether (sulfide) groups is 1. The number of alkyl halides is 3. The topological polar surface area (TPSA) is 52.9 Å². The number of nitriles is 1. The van der Waals surface area contributed by atoms with Crippen molar-refractivity contribution < 1.29 is 18.0 Å². The first-order valence-corrected chi connectivity index (χ1v) is 6.72. The summed E-state index contributed by atoms with van der Waals surface area (Å²) in [7, 11) is 0. The largest absolute Gasteiger partial charge is 0.471 e. The molecule has 0 saturated heterocycles. The summed E-state index contributed by atoms with van der Waals surface area (Å²) in [6, 6.07) is 7.74. The molecule has 0 radical (unpaired) electrons. The summed E-state index contributed by atoms with van der Waals surface area (Å²) < 4.78 is 36.7. The molecule has 0 aromatic heterocycles. The van der Waals surface area contributed by atoms with E-state index in [1.165, 1.54) is 30.5 Å². The quantitative estimate of drug-likeness (QED) is 0.866. The van der Waals surface area contributed by atoms with Crippen LogP contribution in [0, 0.1) is 11.3 Å². The minimum absolute atomic E-state index is 0.0632. The fourth-order valence-electron chi connectivity index (χ4n) is 1.25. The van der Waals surface area contributed by atoms with Gasteiger partial charge in [-0.3, -0.25) is 4.79 Å². The summed E-state index contributed by atoms with van der Waals surface area (Å²) in [5.74, 6) is -2.12. The lowest BCUT2D eigenvalue weighted by Crippen LogP contribution is -2.35. The molecule has 1 rings (SSSR count). The monoisotopic (exact) mass is 320 g/mol. The number of rotatable bonds is 3. The van der Waals surface area contributed by atoms with Gasteiger partial charge in [0.05, 0.1) is 10.6 Å². The van der Waals surface area contributed by atoms with Gasteiger partial charge in [-0.15, -0.1) is 11.8 Å². The standard InChI is InChI=1S/C12H8ClF3N2OS/c1-20-10(18-11(19)12(14,15)16)9(6-17)7-2-4-8(13)5-3-7/h2-5H,1H3,(H,18,19). The lowest BCUT2D eigenvalue weighted by molar-refractivity contribution is -0.172. The number of carbonyl (C=O) groups excluding carboxylic acids is 1. The van der Waals surface area contributed by atoms with Crippen LogP contribution in [0.5, 0.6) is 0 Å². The zero-order chi connectivity index (χ0) is 15.3. The van der Waals surface area contributed by atoms with Gasteiger partial charge in [0, 0.05) is 5.02 Å². The van der Waals surface area contributed by atoms with E-state index in [0.717, 1.165) is 11.8 Å². The smallest absolute Gasteiger partial charge is 0.312 e. The fraction of sp³-hybridized carbons (Fsp3) is 0.167. The van der Waals surface area contributed by atoms with Gasteiger partial charge in [0.25, 0.3) is 0 Å². The van der Waals surface area contributed by atoms with Crippen LogP contribution in [0.25, 0.3) is 5.57 Å². The molecule has 8 heteroatoms. The van der Waals surface area contributed by atoms with Crippen molar-refractivity contribution in [1.29, 1.82) is 5.26 Å². The summed E-state index contributed by atoms with van der Waals surface area (Å²) in [6.45, 7) is 0. The molecule has 0 bridgehead atoms. The zero-order valence-corrected chi connectivity index (χ0v) is 11.7. The number of hydrogen-bond acceptors (Lipinski definition) is 3. The second-order valence-corrected chi connectivity index (χ2v) is 4.73. The molecule has 1 amide bonds. The van der Waals surface area contributed by atoms with E-state index < -0.39 is 12.1 Å². The third kappa shape index (κ3) is 4.18. The lowest BCUT2D eigenvalue weighted by atomic mass is 10.1. The lowest BCUT2D eigenvalue weighted by Gasteiger charge is -2.12. The second kappa shape index (κ2) is 6.68. The Morgan fingerprint density at radius 3 is 2.30 bits per heavy atom. The molecule has 1 aromatic carbocycles. The van der Waals surface area contributed by atoms with E-state index in [2.05, 4.69) is 0 Å². The summed E-state index contributed by atoms with van der Waals surface area (Å²) in [5, 5.41) is 11.0. The van der Waals surface area contributed by atoms with Crippen molar-refractivity contribution in [3.63, 3.8) is 0 Å². The van der Waals surface area contributed by atoms with Crippen molar-refractivity contribution in [3.8, 4) is 6.07 Å². The Morgan fingerprint density at radius 1 is 1.35 bits per heavy atom. The maximum atomic E-state index is 12.2. The third-order valence-electron chi connectivity index (χ3n) is 2.16. The highest BCUT2D eigenvalue weighted by molar-refractivity contribution is 8.02. The average Bonchev–Trinajstić information content (AvgIpc) is 2.39. The molecule has 0 fully saturated rings. The molecule has 0 aliphatic carbocycles. The van der Waals surface area contributed by atoms with E-state index in [1.54, 1.807) is 11.4 Å². The number of carbonyl (C=O) groups is 1. The number of hydrogen-bond donors (Lipinski definition) is 1. The molecule has 0 atom stereocenters. The number of allylic oxidation sites excluding steroid dienone is 1. The predicted molar refractivity (Wildman–Crippen MR) is 71.7 cm³/mol. The minimum Gasteiger partial charge on any atom is -0.312 e. The average molecular weight is 321 g/mol. The van der Waals surface area contributed by atoms with E-state index >= 15 is 0 Å². The predicted octanol–water partition coefficient (Wildman–Crippen LogP) is 3.57. The van der Waals surface area contributed by atoms with Crippen LogP contribution in [0.3, 0.4) is 0 Å². The van der Waals surface area contributed by atoms with Gasteiger partial charge < -0.3 is 5.32 Å². The van der Waals surface area contributed by atoms with Gasteiger partial charge in [-0.25, -0.2) is 0 Å². The Balaban J connectivity index is 3.18. The van der Waals surface area contributed by atoms with Crippen LogP contribution >= 0.6 is 23.4 Å². The molecular formula is C12H8ClF3N2OS. The molecule has 0 unspecified atom stereocenters. The van der Waals surface area contributed by atoms with E-state index in [9.17, 15) is 18.0 Å². The van der Waals surface area contributed by atoms with Gasteiger partial charge in [-0.05, 0) is 24.0 Å². The molecule has 1 aromatic rings. The van der Waals surface area contributed by atoms with Crippen LogP contribution < -0.4 is 5.32 Å². The molecule has 0 aliphatic heterocycles. The van der Waals surface area contributed by atoms with E-state index in [0.29, 0.717) is 10.6 Å². The van der Waals surface area contributed by atoms with Crippen LogP contribution in [0.4, 0.5) is 13.2 Å². The Morgan fingerprint density at radius 2 is 1.90 bits per heavy atom. The number of amides is 1. The van der Waals surface area contributed by atoms with Crippen molar-refractivity contribution in [2.75, 3.05) is 6.26 Å². The van der Waals surface area contributed by atoms with Crippen molar-refractivity contribution in [2.24, 2.45) is 0 Å². The number of halogens is 4. The molecule has 20 heavy (non-hydrogen) atoms. The summed E-state index contributed by atoms with van der Waals surface area (Å²) in [6.07, 6.45) is -3.55. The minimum atomic E-state index is -5.01. The Kier molecular flexibility index (Phi) is 5.48. The number of nitrogens with zero attached hydrogens (tertiary/aromatic N) is 1. The van der Waals surface area contributed by atoms with Gasteiger partial charge in [-0.1, -0.05) is 23.7 Å². The van der Waals surface area contributed by atoms with Crippen LogP contribution in [0.15, 0.2) is 29.3 Å². The molecule has 0 heterocycles. The summed E-state index contributed by atoms with van der Waals surface area (Å²) in [5.41, 5.74) is 0.301. The Hall–Kier alpha value is -1.65. The van der Waals surface area contributed by atoms with E-state index in [-0.39, 0.29) is 10.6 Å². The summed E-state index contributed by atoms with van der Waals surface area (Å²) >= 11 is 6.53. The molecular weight excluding hydrogens is 313 g/mol. The SMILES string of the molecule is CSC(NC(=O)C(F)(F)F)=C(C#N)c1ccc(Cl)cc1. The van der Waals surface area contributed by atoms with Gasteiger partial charge >= 0.3 is 12.1 Å². The first-order valence-electron chi connectivity index (χ1n) is 5.12. The number of benzene rings is 1. The molecule has 106 valence electrons. The molecule has 3 nitrogen and oxygen atoms in total. The molecule has 1 N–H and O–H groups in total. The molecule has 0 spiro atoms. The Labute approximate surface area is 122 Å². The van der Waals surface area contributed by atoms with Gasteiger partial charge in [-0.2, -0.15) is 18.4 Å². The van der Waals surface area contributed by atoms with Crippen LogP contribution in [0.1, 0.15) is 5.56 Å². The third-order valence-corrected chi connectivity index (χ3v) is 3.13. The van der Waals surface area contributed by atoms with Crippen LogP contribution in [-0.4, -0.2) is 18.3 Å². The van der Waals surface area contributed by atoms with Crippen molar-refractivity contribution in [3.05, 3.63) is 39.9 Å². The number of nitrogens with one attached hydrogen (secondary N) is 1. The highest BCUT2D eigenvalue weighted by Crippen LogP contribution is 2.25. The maximum Gasteiger partial charge on any atom is 0.471 e. The van der Waals surface area contributed by atoms with Crippen LogP contribution in [-0.2, 0) is 4.79 Å². The highest BCUT2D eigenvalue weighted by Gasteiger charge is 2.39. The van der Waals surface area contributed by atoms with Gasteiger partial charge in [0.15, 0.2) is 0 Å². The molecule has 0 saturated carbocycles. The summed E-state index contributed by atoms with van der Waals surface area (Å²) in [4.78, 5) is 10.9. The van der Waals surface area contributed by atoms with Crippen molar-refractivity contribution in [1.82, 2.24) is 5.32 Å². The van der Waals surface area contributed by atoms with Crippen molar-refractivity contribution >= 4 is 34.8 Å². The maximum absolute atomic E-state index is 12.2. The first-order chi connectivity index (χ1) is 9.29. The normalized spacial score (nSPS) is 12.4. The Bertz CT molecular complexity index is 576. The fourth-order valence-corrected chi connectivity index (χ4v) is 1.94. The zero-order valence-electron chi connectivity index (χ0n) is 10.1. The van der Waals surface area contributed by atoms with E-state index in [1.807, 2.05) is 0 Å².